The minimum Gasteiger partial charge on any atom is -0.264 e. The van der Waals surface area contributed by atoms with Gasteiger partial charge in [-0.2, -0.15) is 0 Å². The summed E-state index contributed by atoms with van der Waals surface area (Å²) in [4.78, 5) is 4.45. The zero-order valence-electron chi connectivity index (χ0n) is 32.0. The first kappa shape index (κ1) is 33.3. The van der Waals surface area contributed by atoms with Crippen molar-refractivity contribution in [3.63, 3.8) is 0 Å². The van der Waals surface area contributed by atoms with Gasteiger partial charge in [-0.3, -0.25) is 4.98 Å². The lowest BCUT2D eigenvalue weighted by Crippen LogP contribution is -2.14. The number of fused-ring (bicyclic) bond motifs is 9. The number of nitrogens with zero attached hydrogens (tertiary/aromatic N) is 1. The quantitative estimate of drug-likeness (QED) is 0.161. The molecule has 1 aliphatic carbocycles. The molecule has 0 aliphatic heterocycles. The summed E-state index contributed by atoms with van der Waals surface area (Å²) >= 11 is 0. The van der Waals surface area contributed by atoms with E-state index in [0.29, 0.717) is 0 Å². The monoisotopic (exact) mass is 725 g/mol. The second-order valence-corrected chi connectivity index (χ2v) is 16.0. The highest BCUT2D eigenvalue weighted by Crippen LogP contribution is 2.49. The van der Waals surface area contributed by atoms with E-state index in [0.717, 1.165) is 0 Å². The van der Waals surface area contributed by atoms with Crippen molar-refractivity contribution >= 4 is 32.3 Å². The van der Waals surface area contributed by atoms with Gasteiger partial charge in [0.1, 0.15) is 0 Å². The molecule has 0 saturated carbocycles. The van der Waals surface area contributed by atoms with Crippen LogP contribution in [0.2, 0.25) is 0 Å². The SMILES string of the molecule is CC1(C)c2ccccc2-c2cc(-c3cccc(-c4cccc(-c5cccc(-c6cccc(-c7ccc8c9ccncc9c9ccccc9c8c7)c6)c5)c4)c3)ccc21. The Morgan fingerprint density at radius 2 is 0.719 bits per heavy atom. The molecule has 0 radical (unpaired) electrons. The van der Waals surface area contributed by atoms with E-state index < -0.39 is 0 Å². The third-order valence-corrected chi connectivity index (χ3v) is 12.3. The molecule has 0 atom stereocenters. The van der Waals surface area contributed by atoms with E-state index in [2.05, 4.69) is 207 Å². The number of aromatic nitrogens is 1. The third-order valence-electron chi connectivity index (χ3n) is 12.3. The van der Waals surface area contributed by atoms with Gasteiger partial charge in [-0.25, -0.2) is 0 Å². The van der Waals surface area contributed by atoms with E-state index in [-0.39, 0.29) is 5.41 Å². The molecule has 57 heavy (non-hydrogen) atoms. The molecule has 0 N–H and O–H groups in total. The lowest BCUT2D eigenvalue weighted by molar-refractivity contribution is 0.660. The Bertz CT molecular complexity index is 3180. The standard InChI is InChI=1S/C56H39N/c1-56(2)54-22-6-5-21-50(54)52-34-45(24-26-55(52)56)43-18-10-16-41(32-43)39-14-8-12-37(30-39)36-11-7-13-38(29-36)40-15-9-17-42(31-40)44-23-25-48-49-27-28-57-35-53(49)47-20-4-3-19-46(47)51(48)33-44/h3-35H,1-2H3. The summed E-state index contributed by atoms with van der Waals surface area (Å²) in [5.41, 5.74) is 17.7. The Hall–Kier alpha value is -7.09. The predicted octanol–water partition coefficient (Wildman–Crippen LogP) is 15.2. The van der Waals surface area contributed by atoms with E-state index in [4.69, 9.17) is 0 Å². The Balaban J connectivity index is 0.915. The summed E-state index contributed by atoms with van der Waals surface area (Å²) in [6.07, 6.45) is 3.89. The number of rotatable bonds is 5. The molecule has 1 heteroatoms. The number of benzene rings is 9. The fourth-order valence-electron chi connectivity index (χ4n) is 9.39. The Morgan fingerprint density at radius 3 is 1.30 bits per heavy atom. The van der Waals surface area contributed by atoms with Gasteiger partial charge >= 0.3 is 0 Å². The van der Waals surface area contributed by atoms with Gasteiger partial charge in [0.05, 0.1) is 0 Å². The highest BCUT2D eigenvalue weighted by molar-refractivity contribution is 6.25. The smallest absolute Gasteiger partial charge is 0.0352 e. The highest BCUT2D eigenvalue weighted by Gasteiger charge is 2.35. The Kier molecular flexibility index (Phi) is 7.59. The Labute approximate surface area is 333 Å². The summed E-state index contributed by atoms with van der Waals surface area (Å²) in [5.74, 6) is 0. The second kappa shape index (κ2) is 13.0. The molecule has 1 nitrogen and oxygen atoms in total. The summed E-state index contributed by atoms with van der Waals surface area (Å²) < 4.78 is 0. The number of pyridine rings is 1. The molecule has 0 amide bonds. The first-order valence-corrected chi connectivity index (χ1v) is 19.8. The molecule has 1 aromatic heterocycles. The minimum atomic E-state index is 0.00819. The molecule has 0 spiro atoms. The molecular weight excluding hydrogens is 687 g/mol. The van der Waals surface area contributed by atoms with Gasteiger partial charge in [-0.15, -0.1) is 0 Å². The molecule has 11 rings (SSSR count). The molecule has 0 unspecified atom stereocenters. The van der Waals surface area contributed by atoms with Crippen LogP contribution < -0.4 is 0 Å². The molecular formula is C56H39N. The summed E-state index contributed by atoms with van der Waals surface area (Å²) in [7, 11) is 0. The zero-order chi connectivity index (χ0) is 38.1. The van der Waals surface area contributed by atoms with Gasteiger partial charge in [0.2, 0.25) is 0 Å². The molecule has 1 heterocycles. The first-order valence-electron chi connectivity index (χ1n) is 19.8. The maximum Gasteiger partial charge on any atom is 0.0352 e. The van der Waals surface area contributed by atoms with Crippen molar-refractivity contribution in [2.24, 2.45) is 0 Å². The lowest BCUT2D eigenvalue weighted by atomic mass is 9.82. The normalized spacial score (nSPS) is 12.9. The van der Waals surface area contributed by atoms with Crippen LogP contribution in [0.5, 0.6) is 0 Å². The van der Waals surface area contributed by atoms with Gasteiger partial charge in [0, 0.05) is 23.2 Å². The largest absolute Gasteiger partial charge is 0.264 e. The van der Waals surface area contributed by atoms with Crippen LogP contribution in [0.1, 0.15) is 25.0 Å². The maximum absolute atomic E-state index is 4.45. The van der Waals surface area contributed by atoms with Crippen LogP contribution in [-0.4, -0.2) is 4.98 Å². The average molecular weight is 726 g/mol. The van der Waals surface area contributed by atoms with Gasteiger partial charge < -0.3 is 0 Å². The minimum absolute atomic E-state index is 0.00819. The number of hydrogen-bond acceptors (Lipinski definition) is 1. The predicted molar refractivity (Wildman–Crippen MR) is 241 cm³/mol. The van der Waals surface area contributed by atoms with Crippen molar-refractivity contribution in [3.8, 4) is 66.8 Å². The van der Waals surface area contributed by atoms with Crippen molar-refractivity contribution in [1.29, 1.82) is 0 Å². The number of hydrogen-bond donors (Lipinski definition) is 0. The van der Waals surface area contributed by atoms with E-state index in [9.17, 15) is 0 Å². The van der Waals surface area contributed by atoms with E-state index in [1.54, 1.807) is 0 Å². The van der Waals surface area contributed by atoms with Gasteiger partial charge in [0.15, 0.2) is 0 Å². The van der Waals surface area contributed by atoms with Crippen LogP contribution in [0, 0.1) is 0 Å². The van der Waals surface area contributed by atoms with Crippen LogP contribution in [0.3, 0.4) is 0 Å². The fraction of sp³-hybridized carbons (Fsp3) is 0.0536. The summed E-state index contributed by atoms with van der Waals surface area (Å²) in [5, 5.41) is 7.45. The third kappa shape index (κ3) is 5.50. The molecule has 0 saturated heterocycles. The van der Waals surface area contributed by atoms with E-state index in [1.807, 2.05) is 12.4 Å². The zero-order valence-corrected chi connectivity index (χ0v) is 32.0. The molecule has 9 aromatic carbocycles. The molecule has 0 fully saturated rings. The van der Waals surface area contributed by atoms with Crippen LogP contribution >= 0.6 is 0 Å². The van der Waals surface area contributed by atoms with E-state index in [1.165, 1.54) is 110 Å². The van der Waals surface area contributed by atoms with Crippen LogP contribution in [0.4, 0.5) is 0 Å². The summed E-state index contributed by atoms with van der Waals surface area (Å²) in [6.45, 7) is 4.68. The maximum atomic E-state index is 4.45. The van der Waals surface area contributed by atoms with Crippen molar-refractivity contribution in [3.05, 3.63) is 212 Å². The lowest BCUT2D eigenvalue weighted by Gasteiger charge is -2.21. The molecule has 0 bridgehead atoms. The topological polar surface area (TPSA) is 12.9 Å². The van der Waals surface area contributed by atoms with Gasteiger partial charge in [0.25, 0.3) is 0 Å². The Morgan fingerprint density at radius 1 is 0.298 bits per heavy atom. The van der Waals surface area contributed by atoms with Crippen molar-refractivity contribution in [2.45, 2.75) is 19.3 Å². The van der Waals surface area contributed by atoms with Gasteiger partial charge in [-0.05, 0) is 147 Å². The van der Waals surface area contributed by atoms with Crippen LogP contribution in [0.25, 0.3) is 99.1 Å². The first-order chi connectivity index (χ1) is 28.0. The van der Waals surface area contributed by atoms with Crippen LogP contribution in [0.15, 0.2) is 200 Å². The molecule has 268 valence electrons. The highest BCUT2D eigenvalue weighted by atomic mass is 14.6. The molecule has 10 aromatic rings. The fourth-order valence-corrected chi connectivity index (χ4v) is 9.39. The average Bonchev–Trinajstić information content (AvgIpc) is 3.51. The van der Waals surface area contributed by atoms with Crippen molar-refractivity contribution in [1.82, 2.24) is 4.98 Å². The van der Waals surface area contributed by atoms with Crippen molar-refractivity contribution in [2.75, 3.05) is 0 Å². The summed E-state index contributed by atoms with van der Waals surface area (Å²) in [6, 6.07) is 69.5. The van der Waals surface area contributed by atoms with E-state index >= 15 is 0 Å². The van der Waals surface area contributed by atoms with Crippen LogP contribution in [-0.2, 0) is 5.41 Å². The second-order valence-electron chi connectivity index (χ2n) is 16.0. The van der Waals surface area contributed by atoms with Gasteiger partial charge in [-0.1, -0.05) is 159 Å². The molecule has 1 aliphatic rings. The van der Waals surface area contributed by atoms with Crippen molar-refractivity contribution < 1.29 is 0 Å².